The summed E-state index contributed by atoms with van der Waals surface area (Å²) in [6, 6.07) is 12.7. The maximum absolute atomic E-state index is 12.0. The summed E-state index contributed by atoms with van der Waals surface area (Å²) < 4.78 is 27.6. The lowest BCUT2D eigenvalue weighted by atomic mass is 10.1. The zero-order chi connectivity index (χ0) is 19.2. The van der Waals surface area contributed by atoms with Crippen molar-refractivity contribution in [2.45, 2.75) is 17.7 Å². The number of aliphatic imine (C=N–C) groups is 1. The van der Waals surface area contributed by atoms with Crippen molar-refractivity contribution in [2.24, 2.45) is 21.6 Å². The summed E-state index contributed by atoms with van der Waals surface area (Å²) in [5.41, 5.74) is 12.4. The molecule has 0 aliphatic heterocycles. The van der Waals surface area contributed by atoms with Crippen LogP contribution in [-0.2, 0) is 21.2 Å². The molecule has 2 aromatic carbocycles. The second kappa shape index (κ2) is 8.45. The number of hydrogen-bond donors (Lipinski definition) is 3. The molecule has 0 amide bonds. The third-order valence-corrected chi connectivity index (χ3v) is 4.39. The molecule has 0 aliphatic carbocycles. The van der Waals surface area contributed by atoms with Crippen molar-refractivity contribution in [3.63, 3.8) is 0 Å². The van der Waals surface area contributed by atoms with E-state index >= 15 is 0 Å². The Kier molecular flexibility index (Phi) is 6.31. The van der Waals surface area contributed by atoms with Gasteiger partial charge in [0.1, 0.15) is 0 Å². The monoisotopic (exact) mass is 376 g/mol. The molecule has 8 nitrogen and oxygen atoms in total. The normalized spacial score (nSPS) is 11.0. The number of aryl methyl sites for hydroxylation is 1. The van der Waals surface area contributed by atoms with Crippen LogP contribution in [0.25, 0.3) is 0 Å². The smallest absolute Gasteiger partial charge is 0.338 e. The predicted octanol–water partition coefficient (Wildman–Crippen LogP) is 1.03. The lowest BCUT2D eigenvalue weighted by Crippen LogP contribution is -2.21. The van der Waals surface area contributed by atoms with E-state index in [1.54, 1.807) is 36.4 Å². The quantitative estimate of drug-likeness (QED) is 0.284. The van der Waals surface area contributed by atoms with Crippen molar-refractivity contribution in [3.8, 4) is 0 Å². The number of carbonyl (C=O) groups excluding carboxylic acids is 1. The SMILES string of the molecule is NC(N)=Nc1ccc(C(=O)OCCCc2ccc(S(N)(=O)=O)cc2)cc1. The zero-order valence-electron chi connectivity index (χ0n) is 14.0. The molecule has 2 rings (SSSR count). The Balaban J connectivity index is 1.80. The highest BCUT2D eigenvalue weighted by Crippen LogP contribution is 2.14. The van der Waals surface area contributed by atoms with Gasteiger partial charge in [0.15, 0.2) is 5.96 Å². The van der Waals surface area contributed by atoms with Gasteiger partial charge in [0, 0.05) is 0 Å². The van der Waals surface area contributed by atoms with Gasteiger partial charge in [-0.15, -0.1) is 0 Å². The molecule has 0 aromatic heterocycles. The number of rotatable bonds is 7. The van der Waals surface area contributed by atoms with Gasteiger partial charge in [-0.3, -0.25) is 0 Å². The Bertz CT molecular complexity index is 887. The first-order valence-corrected chi connectivity index (χ1v) is 9.29. The first-order valence-electron chi connectivity index (χ1n) is 7.74. The van der Waals surface area contributed by atoms with E-state index in [4.69, 9.17) is 21.3 Å². The molecular weight excluding hydrogens is 356 g/mol. The molecule has 0 bridgehead atoms. The van der Waals surface area contributed by atoms with Crippen LogP contribution in [0.2, 0.25) is 0 Å². The second-order valence-electron chi connectivity index (χ2n) is 5.51. The second-order valence-corrected chi connectivity index (χ2v) is 7.07. The molecule has 0 heterocycles. The minimum Gasteiger partial charge on any atom is -0.462 e. The molecule has 6 N–H and O–H groups in total. The first kappa shape index (κ1) is 19.4. The number of sulfonamides is 1. The number of carbonyl (C=O) groups is 1. The molecule has 2 aromatic rings. The number of ether oxygens (including phenoxy) is 1. The Morgan fingerprint density at radius 1 is 1.00 bits per heavy atom. The van der Waals surface area contributed by atoms with Gasteiger partial charge in [-0.25, -0.2) is 23.3 Å². The number of benzene rings is 2. The maximum Gasteiger partial charge on any atom is 0.338 e. The van der Waals surface area contributed by atoms with E-state index in [0.717, 1.165) is 5.56 Å². The molecule has 9 heteroatoms. The number of nitrogens with zero attached hydrogens (tertiary/aromatic N) is 1. The Hall–Kier alpha value is -2.91. The lowest BCUT2D eigenvalue weighted by molar-refractivity contribution is 0.0500. The van der Waals surface area contributed by atoms with E-state index in [2.05, 4.69) is 4.99 Å². The molecule has 0 atom stereocenters. The van der Waals surface area contributed by atoms with Crippen molar-refractivity contribution in [1.82, 2.24) is 0 Å². The minimum absolute atomic E-state index is 0.0579. The van der Waals surface area contributed by atoms with E-state index in [0.29, 0.717) is 24.1 Å². The van der Waals surface area contributed by atoms with Crippen LogP contribution in [0.5, 0.6) is 0 Å². The van der Waals surface area contributed by atoms with Gasteiger partial charge < -0.3 is 16.2 Å². The van der Waals surface area contributed by atoms with Crippen molar-refractivity contribution in [2.75, 3.05) is 6.61 Å². The molecule has 0 saturated heterocycles. The predicted molar refractivity (Wildman–Crippen MR) is 98.3 cm³/mol. The molecule has 0 fully saturated rings. The summed E-state index contributed by atoms with van der Waals surface area (Å²) in [4.78, 5) is 15.9. The zero-order valence-corrected chi connectivity index (χ0v) is 14.8. The van der Waals surface area contributed by atoms with Gasteiger partial charge in [0.05, 0.1) is 22.8 Å². The Labute approximate surface area is 151 Å². The van der Waals surface area contributed by atoms with Crippen LogP contribution in [0, 0.1) is 0 Å². The van der Waals surface area contributed by atoms with Crippen molar-refractivity contribution < 1.29 is 17.9 Å². The van der Waals surface area contributed by atoms with Gasteiger partial charge in [-0.05, 0) is 54.8 Å². The van der Waals surface area contributed by atoms with Gasteiger partial charge >= 0.3 is 5.97 Å². The van der Waals surface area contributed by atoms with Crippen molar-refractivity contribution in [3.05, 3.63) is 59.7 Å². The number of nitrogens with two attached hydrogens (primary N) is 3. The Morgan fingerprint density at radius 3 is 2.15 bits per heavy atom. The number of esters is 1. The van der Waals surface area contributed by atoms with E-state index in [1.807, 2.05) is 0 Å². The minimum atomic E-state index is -3.69. The third kappa shape index (κ3) is 5.87. The molecule has 0 radical (unpaired) electrons. The number of hydrogen-bond acceptors (Lipinski definition) is 5. The highest BCUT2D eigenvalue weighted by atomic mass is 32.2. The maximum atomic E-state index is 12.0. The van der Waals surface area contributed by atoms with Crippen LogP contribution in [0.1, 0.15) is 22.3 Å². The summed E-state index contributed by atoms with van der Waals surface area (Å²) in [5.74, 6) is -0.497. The van der Waals surface area contributed by atoms with E-state index in [-0.39, 0.29) is 17.5 Å². The van der Waals surface area contributed by atoms with Gasteiger partial charge in [0.25, 0.3) is 0 Å². The standard InChI is InChI=1S/C17H20N4O4S/c18-17(19)21-14-7-5-13(6-8-14)16(22)25-11-1-2-12-3-9-15(10-4-12)26(20,23)24/h3-10H,1-2,11H2,(H4,18,19,21)(H2,20,23,24). The van der Waals surface area contributed by atoms with Gasteiger partial charge in [-0.2, -0.15) is 0 Å². The molecule has 26 heavy (non-hydrogen) atoms. The highest BCUT2D eigenvalue weighted by Gasteiger charge is 2.08. The topological polar surface area (TPSA) is 151 Å². The molecule has 0 saturated carbocycles. The largest absolute Gasteiger partial charge is 0.462 e. The van der Waals surface area contributed by atoms with E-state index < -0.39 is 16.0 Å². The average Bonchev–Trinajstić information content (AvgIpc) is 2.58. The van der Waals surface area contributed by atoms with Gasteiger partial charge in [-0.1, -0.05) is 12.1 Å². The Morgan fingerprint density at radius 2 is 1.62 bits per heavy atom. The first-order chi connectivity index (χ1) is 12.3. The number of primary sulfonamides is 1. The summed E-state index contributed by atoms with van der Waals surface area (Å²) in [6.07, 6.45) is 1.24. The lowest BCUT2D eigenvalue weighted by Gasteiger charge is -2.06. The fourth-order valence-corrected chi connectivity index (χ4v) is 2.71. The van der Waals surface area contributed by atoms with Gasteiger partial charge in [0.2, 0.25) is 10.0 Å². The highest BCUT2D eigenvalue weighted by molar-refractivity contribution is 7.89. The van der Waals surface area contributed by atoms with Crippen LogP contribution in [0.15, 0.2) is 58.4 Å². The average molecular weight is 376 g/mol. The summed E-state index contributed by atoms with van der Waals surface area (Å²) in [5, 5.41) is 5.05. The molecular formula is C17H20N4O4S. The van der Waals surface area contributed by atoms with Crippen LogP contribution in [-0.4, -0.2) is 27.0 Å². The molecule has 0 unspecified atom stereocenters. The molecule has 0 spiro atoms. The summed E-state index contributed by atoms with van der Waals surface area (Å²) in [7, 11) is -3.69. The van der Waals surface area contributed by atoms with Crippen LogP contribution >= 0.6 is 0 Å². The number of guanidine groups is 1. The summed E-state index contributed by atoms with van der Waals surface area (Å²) >= 11 is 0. The van der Waals surface area contributed by atoms with Crippen LogP contribution in [0.4, 0.5) is 5.69 Å². The molecule has 0 aliphatic rings. The fraction of sp³-hybridized carbons (Fsp3) is 0.176. The van der Waals surface area contributed by atoms with E-state index in [9.17, 15) is 13.2 Å². The van der Waals surface area contributed by atoms with Crippen LogP contribution in [0.3, 0.4) is 0 Å². The third-order valence-electron chi connectivity index (χ3n) is 3.46. The van der Waals surface area contributed by atoms with Crippen molar-refractivity contribution in [1.29, 1.82) is 0 Å². The fourth-order valence-electron chi connectivity index (χ4n) is 2.19. The van der Waals surface area contributed by atoms with Crippen LogP contribution < -0.4 is 16.6 Å². The summed E-state index contributed by atoms with van der Waals surface area (Å²) in [6.45, 7) is 0.241. The molecule has 138 valence electrons. The van der Waals surface area contributed by atoms with E-state index in [1.165, 1.54) is 12.1 Å². The van der Waals surface area contributed by atoms with Crippen molar-refractivity contribution >= 4 is 27.6 Å².